The fourth-order valence-electron chi connectivity index (χ4n) is 2.65. The van der Waals surface area contributed by atoms with Crippen LogP contribution >= 0.6 is 11.6 Å². The number of amides is 1. The Morgan fingerprint density at radius 3 is 2.53 bits per heavy atom. The van der Waals surface area contributed by atoms with Gasteiger partial charge in [0.15, 0.2) is 18.1 Å². The van der Waals surface area contributed by atoms with E-state index in [1.165, 1.54) is 13.3 Å². The zero-order chi connectivity index (χ0) is 22.9. The van der Waals surface area contributed by atoms with Gasteiger partial charge in [0, 0.05) is 5.02 Å². The number of nitrogens with one attached hydrogen (secondary N) is 1. The molecule has 3 aromatic carbocycles. The number of carbonyl (C=O) groups is 2. The minimum Gasteiger partial charge on any atom is -0.493 e. The minimum absolute atomic E-state index is 0.198. The van der Waals surface area contributed by atoms with E-state index in [9.17, 15) is 9.59 Å². The summed E-state index contributed by atoms with van der Waals surface area (Å²) in [7, 11) is 1.47. The van der Waals surface area contributed by atoms with E-state index in [4.69, 9.17) is 25.8 Å². The van der Waals surface area contributed by atoms with Crippen molar-refractivity contribution < 1.29 is 23.8 Å². The van der Waals surface area contributed by atoms with Crippen molar-refractivity contribution >= 4 is 29.7 Å². The van der Waals surface area contributed by atoms with Crippen LogP contribution in [0.4, 0.5) is 0 Å². The van der Waals surface area contributed by atoms with Crippen LogP contribution in [-0.4, -0.2) is 31.8 Å². The maximum absolute atomic E-state index is 12.2. The third kappa shape index (κ3) is 6.33. The number of carbonyl (C=O) groups excluding carboxylic acids is 2. The molecule has 3 aromatic rings. The van der Waals surface area contributed by atoms with E-state index in [1.54, 1.807) is 60.7 Å². The summed E-state index contributed by atoms with van der Waals surface area (Å²) in [5.74, 6) is 0.249. The molecule has 0 fully saturated rings. The topological polar surface area (TPSA) is 86.2 Å². The van der Waals surface area contributed by atoms with E-state index >= 15 is 0 Å². The molecule has 0 saturated heterocycles. The van der Waals surface area contributed by atoms with Gasteiger partial charge < -0.3 is 14.2 Å². The molecule has 7 nitrogen and oxygen atoms in total. The Morgan fingerprint density at radius 2 is 1.81 bits per heavy atom. The quantitative estimate of drug-likeness (QED) is 0.237. The number of hydrogen-bond donors (Lipinski definition) is 1. The lowest BCUT2D eigenvalue weighted by Crippen LogP contribution is -2.24. The van der Waals surface area contributed by atoms with Crippen molar-refractivity contribution in [2.24, 2.45) is 5.10 Å². The molecular formula is C24H21ClN2O5. The van der Waals surface area contributed by atoms with E-state index in [-0.39, 0.29) is 12.4 Å². The second-order valence-corrected chi connectivity index (χ2v) is 7.07. The van der Waals surface area contributed by atoms with Crippen molar-refractivity contribution in [3.05, 3.63) is 88.4 Å². The summed E-state index contributed by atoms with van der Waals surface area (Å²) in [5, 5.41) is 4.54. The molecule has 0 spiro atoms. The van der Waals surface area contributed by atoms with Gasteiger partial charge in [0.05, 0.1) is 18.9 Å². The Bertz CT molecular complexity index is 1130. The first-order valence-corrected chi connectivity index (χ1v) is 10.00. The summed E-state index contributed by atoms with van der Waals surface area (Å²) < 4.78 is 16.1. The van der Waals surface area contributed by atoms with Gasteiger partial charge in [0.2, 0.25) is 0 Å². The molecular weight excluding hydrogens is 432 g/mol. The number of hydrazone groups is 1. The van der Waals surface area contributed by atoms with Crippen LogP contribution in [0.1, 0.15) is 21.5 Å². The van der Waals surface area contributed by atoms with Crippen LogP contribution in [0.25, 0.3) is 0 Å². The second kappa shape index (κ2) is 11.0. The van der Waals surface area contributed by atoms with Crippen LogP contribution in [0, 0.1) is 6.92 Å². The third-order valence-corrected chi connectivity index (χ3v) is 4.73. The van der Waals surface area contributed by atoms with Crippen LogP contribution in [0.3, 0.4) is 0 Å². The first-order valence-electron chi connectivity index (χ1n) is 9.62. The first kappa shape index (κ1) is 22.8. The molecule has 0 unspecified atom stereocenters. The predicted molar refractivity (Wildman–Crippen MR) is 122 cm³/mol. The molecule has 0 bridgehead atoms. The highest BCUT2D eigenvalue weighted by Crippen LogP contribution is 2.28. The van der Waals surface area contributed by atoms with Gasteiger partial charge in [0.1, 0.15) is 5.75 Å². The van der Waals surface area contributed by atoms with E-state index in [1.807, 2.05) is 13.0 Å². The number of esters is 1. The van der Waals surface area contributed by atoms with E-state index in [0.29, 0.717) is 27.6 Å². The molecule has 0 heterocycles. The molecule has 0 saturated carbocycles. The summed E-state index contributed by atoms with van der Waals surface area (Å²) in [4.78, 5) is 24.2. The highest BCUT2D eigenvalue weighted by atomic mass is 35.5. The van der Waals surface area contributed by atoms with Gasteiger partial charge in [-0.2, -0.15) is 5.10 Å². The molecule has 0 radical (unpaired) electrons. The largest absolute Gasteiger partial charge is 0.493 e. The number of hydrogen-bond acceptors (Lipinski definition) is 6. The highest BCUT2D eigenvalue weighted by molar-refractivity contribution is 6.31. The Morgan fingerprint density at radius 1 is 1.03 bits per heavy atom. The first-order chi connectivity index (χ1) is 15.5. The van der Waals surface area contributed by atoms with Gasteiger partial charge >= 0.3 is 5.97 Å². The van der Waals surface area contributed by atoms with Crippen molar-refractivity contribution in [3.8, 4) is 17.2 Å². The van der Waals surface area contributed by atoms with Gasteiger partial charge in [-0.05, 0) is 66.6 Å². The van der Waals surface area contributed by atoms with Gasteiger partial charge in [-0.1, -0.05) is 29.8 Å². The Kier molecular flexibility index (Phi) is 7.83. The molecule has 32 heavy (non-hydrogen) atoms. The lowest BCUT2D eigenvalue weighted by Gasteiger charge is -2.10. The van der Waals surface area contributed by atoms with Crippen LogP contribution in [-0.2, 0) is 4.79 Å². The fraction of sp³-hybridized carbons (Fsp3) is 0.125. The number of aryl methyl sites for hydroxylation is 1. The van der Waals surface area contributed by atoms with Crippen molar-refractivity contribution in [2.45, 2.75) is 6.92 Å². The summed E-state index contributed by atoms with van der Waals surface area (Å²) in [6, 6.07) is 18.7. The minimum atomic E-state index is -0.492. The molecule has 1 N–H and O–H groups in total. The van der Waals surface area contributed by atoms with Gasteiger partial charge in [-0.3, -0.25) is 4.79 Å². The standard InChI is InChI=1S/C24H21ClN2O5/c1-16-12-19(9-10-20(16)25)31-15-23(28)27-26-14-17-8-11-21(22(13-17)30-2)32-24(29)18-6-4-3-5-7-18/h3-14H,15H2,1-2H3,(H,27,28). The fourth-order valence-corrected chi connectivity index (χ4v) is 2.77. The summed E-state index contributed by atoms with van der Waals surface area (Å²) in [6.07, 6.45) is 1.44. The molecule has 8 heteroatoms. The van der Waals surface area contributed by atoms with E-state index in [0.717, 1.165) is 5.56 Å². The maximum Gasteiger partial charge on any atom is 0.343 e. The van der Waals surface area contributed by atoms with Crippen LogP contribution < -0.4 is 19.6 Å². The molecule has 0 aliphatic carbocycles. The Hall–Kier alpha value is -3.84. The van der Waals surface area contributed by atoms with Crippen LogP contribution in [0.2, 0.25) is 5.02 Å². The zero-order valence-corrected chi connectivity index (χ0v) is 18.3. The monoisotopic (exact) mass is 452 g/mol. The molecule has 0 aliphatic heterocycles. The maximum atomic E-state index is 12.2. The van der Waals surface area contributed by atoms with Gasteiger partial charge in [-0.15, -0.1) is 0 Å². The average molecular weight is 453 g/mol. The van der Waals surface area contributed by atoms with Crippen LogP contribution in [0.15, 0.2) is 71.8 Å². The van der Waals surface area contributed by atoms with Gasteiger partial charge in [-0.25, -0.2) is 10.2 Å². The Balaban J connectivity index is 1.55. The molecule has 0 atom stereocenters. The lowest BCUT2D eigenvalue weighted by molar-refractivity contribution is -0.123. The number of nitrogens with zero attached hydrogens (tertiary/aromatic N) is 1. The average Bonchev–Trinajstić information content (AvgIpc) is 2.81. The zero-order valence-electron chi connectivity index (χ0n) is 17.5. The summed E-state index contributed by atoms with van der Waals surface area (Å²) in [5.41, 5.74) is 4.31. The van der Waals surface area contributed by atoms with E-state index < -0.39 is 11.9 Å². The van der Waals surface area contributed by atoms with Crippen molar-refractivity contribution in [3.63, 3.8) is 0 Å². The van der Waals surface area contributed by atoms with Crippen molar-refractivity contribution in [2.75, 3.05) is 13.7 Å². The Labute approximate surface area is 190 Å². The normalized spacial score (nSPS) is 10.6. The smallest absolute Gasteiger partial charge is 0.343 e. The molecule has 164 valence electrons. The second-order valence-electron chi connectivity index (χ2n) is 6.66. The summed E-state index contributed by atoms with van der Waals surface area (Å²) >= 11 is 5.97. The molecule has 3 rings (SSSR count). The highest BCUT2D eigenvalue weighted by Gasteiger charge is 2.12. The molecule has 0 aliphatic rings. The van der Waals surface area contributed by atoms with Crippen molar-refractivity contribution in [1.29, 1.82) is 0 Å². The molecule has 1 amide bonds. The molecule has 0 aromatic heterocycles. The summed E-state index contributed by atoms with van der Waals surface area (Å²) in [6.45, 7) is 1.65. The number of halogens is 1. The number of methoxy groups -OCH3 is 1. The van der Waals surface area contributed by atoms with Gasteiger partial charge in [0.25, 0.3) is 5.91 Å². The number of rotatable bonds is 8. The predicted octanol–water partition coefficient (Wildman–Crippen LogP) is 4.41. The SMILES string of the molecule is COc1cc(C=NNC(=O)COc2ccc(Cl)c(C)c2)ccc1OC(=O)c1ccccc1. The van der Waals surface area contributed by atoms with Crippen LogP contribution in [0.5, 0.6) is 17.2 Å². The van der Waals surface area contributed by atoms with E-state index in [2.05, 4.69) is 10.5 Å². The lowest BCUT2D eigenvalue weighted by atomic mass is 10.2. The third-order valence-electron chi connectivity index (χ3n) is 4.30. The number of benzene rings is 3. The number of ether oxygens (including phenoxy) is 3. The van der Waals surface area contributed by atoms with Crippen molar-refractivity contribution in [1.82, 2.24) is 5.43 Å².